The molecule has 1 aromatic rings. The van der Waals surface area contributed by atoms with Gasteiger partial charge in [0.2, 0.25) is 0 Å². The SMILES string of the molecule is NCCOCC(=O)c1cccnc1. The number of Topliss-reactive ketones (excluding diaryl/α,β-unsaturated/α-hetero) is 1. The van der Waals surface area contributed by atoms with Crippen LogP contribution in [0.25, 0.3) is 0 Å². The van der Waals surface area contributed by atoms with Gasteiger partial charge in [-0.25, -0.2) is 0 Å². The molecule has 1 heterocycles. The van der Waals surface area contributed by atoms with Crippen molar-refractivity contribution in [2.45, 2.75) is 0 Å². The van der Waals surface area contributed by atoms with E-state index in [1.165, 1.54) is 6.20 Å². The van der Waals surface area contributed by atoms with Gasteiger partial charge in [-0.2, -0.15) is 0 Å². The Balaban J connectivity index is 2.40. The number of rotatable bonds is 5. The predicted molar refractivity (Wildman–Crippen MR) is 48.4 cm³/mol. The van der Waals surface area contributed by atoms with Crippen LogP contribution >= 0.6 is 0 Å². The number of hydrogen-bond acceptors (Lipinski definition) is 4. The predicted octanol–water partition coefficient (Wildman–Crippen LogP) is 0.240. The molecule has 13 heavy (non-hydrogen) atoms. The van der Waals surface area contributed by atoms with Crippen molar-refractivity contribution >= 4 is 5.78 Å². The van der Waals surface area contributed by atoms with Crippen molar-refractivity contribution in [3.63, 3.8) is 0 Å². The molecule has 0 radical (unpaired) electrons. The van der Waals surface area contributed by atoms with Crippen LogP contribution in [0, 0.1) is 0 Å². The zero-order valence-corrected chi connectivity index (χ0v) is 7.27. The molecule has 0 unspecified atom stereocenters. The Morgan fingerprint density at radius 3 is 3.08 bits per heavy atom. The zero-order chi connectivity index (χ0) is 9.52. The Kier molecular flexibility index (Phi) is 4.08. The molecule has 70 valence electrons. The highest BCUT2D eigenvalue weighted by Crippen LogP contribution is 1.97. The zero-order valence-electron chi connectivity index (χ0n) is 7.27. The number of carbonyl (C=O) groups excluding carboxylic acids is 1. The largest absolute Gasteiger partial charge is 0.372 e. The first kappa shape index (κ1) is 9.83. The van der Waals surface area contributed by atoms with Gasteiger partial charge in [-0.05, 0) is 12.1 Å². The Hall–Kier alpha value is -1.26. The number of pyridine rings is 1. The summed E-state index contributed by atoms with van der Waals surface area (Å²) < 4.78 is 5.00. The highest BCUT2D eigenvalue weighted by atomic mass is 16.5. The maximum Gasteiger partial charge on any atom is 0.190 e. The van der Waals surface area contributed by atoms with E-state index in [-0.39, 0.29) is 12.4 Å². The van der Waals surface area contributed by atoms with Crippen LogP contribution in [-0.2, 0) is 4.74 Å². The molecule has 4 nitrogen and oxygen atoms in total. The molecule has 0 amide bonds. The van der Waals surface area contributed by atoms with Gasteiger partial charge in [-0.3, -0.25) is 9.78 Å². The lowest BCUT2D eigenvalue weighted by Crippen LogP contribution is -2.14. The van der Waals surface area contributed by atoms with Crippen LogP contribution in [0.1, 0.15) is 10.4 Å². The summed E-state index contributed by atoms with van der Waals surface area (Å²) in [5.41, 5.74) is 5.77. The molecule has 0 aromatic carbocycles. The van der Waals surface area contributed by atoms with Gasteiger partial charge in [0.1, 0.15) is 6.61 Å². The van der Waals surface area contributed by atoms with Gasteiger partial charge in [0.05, 0.1) is 6.61 Å². The van der Waals surface area contributed by atoms with E-state index in [9.17, 15) is 4.79 Å². The highest BCUT2D eigenvalue weighted by molar-refractivity contribution is 5.96. The van der Waals surface area contributed by atoms with Gasteiger partial charge >= 0.3 is 0 Å². The number of nitrogens with zero attached hydrogens (tertiary/aromatic N) is 1. The maximum atomic E-state index is 11.3. The minimum absolute atomic E-state index is 0.0680. The molecule has 0 saturated heterocycles. The lowest BCUT2D eigenvalue weighted by Gasteiger charge is -2.00. The summed E-state index contributed by atoms with van der Waals surface area (Å²) in [7, 11) is 0. The van der Waals surface area contributed by atoms with Crippen molar-refractivity contribution in [2.75, 3.05) is 19.8 Å². The molecule has 1 rings (SSSR count). The fraction of sp³-hybridized carbons (Fsp3) is 0.333. The number of carbonyl (C=O) groups is 1. The van der Waals surface area contributed by atoms with Crippen molar-refractivity contribution in [3.8, 4) is 0 Å². The van der Waals surface area contributed by atoms with E-state index < -0.39 is 0 Å². The smallest absolute Gasteiger partial charge is 0.190 e. The Morgan fingerprint density at radius 1 is 1.62 bits per heavy atom. The summed E-state index contributed by atoms with van der Waals surface area (Å²) in [4.78, 5) is 15.1. The molecule has 0 aliphatic carbocycles. The average molecular weight is 180 g/mol. The maximum absolute atomic E-state index is 11.3. The molecular formula is C9H12N2O2. The van der Waals surface area contributed by atoms with Gasteiger partial charge in [-0.15, -0.1) is 0 Å². The van der Waals surface area contributed by atoms with Crippen LogP contribution < -0.4 is 5.73 Å². The molecule has 1 aromatic heterocycles. The summed E-state index contributed by atoms with van der Waals surface area (Å²) in [6, 6.07) is 3.43. The van der Waals surface area contributed by atoms with E-state index in [0.29, 0.717) is 18.7 Å². The Bertz CT molecular complexity index is 262. The van der Waals surface area contributed by atoms with Crippen LogP contribution in [0.4, 0.5) is 0 Å². The number of aromatic nitrogens is 1. The molecule has 2 N–H and O–H groups in total. The number of nitrogens with two attached hydrogens (primary N) is 1. The highest BCUT2D eigenvalue weighted by Gasteiger charge is 2.04. The summed E-state index contributed by atoms with van der Waals surface area (Å²) in [6.07, 6.45) is 3.14. The van der Waals surface area contributed by atoms with Gasteiger partial charge in [0.25, 0.3) is 0 Å². The lowest BCUT2D eigenvalue weighted by atomic mass is 10.2. The van der Waals surface area contributed by atoms with E-state index in [1.54, 1.807) is 18.3 Å². The fourth-order valence-corrected chi connectivity index (χ4v) is 0.859. The molecule has 0 fully saturated rings. The van der Waals surface area contributed by atoms with Crippen LogP contribution in [-0.4, -0.2) is 30.5 Å². The molecule has 0 aliphatic rings. The Labute approximate surface area is 76.7 Å². The van der Waals surface area contributed by atoms with Crippen molar-refractivity contribution in [2.24, 2.45) is 5.73 Å². The van der Waals surface area contributed by atoms with E-state index in [4.69, 9.17) is 10.5 Å². The van der Waals surface area contributed by atoms with E-state index in [0.717, 1.165) is 0 Å². The van der Waals surface area contributed by atoms with Crippen molar-refractivity contribution in [1.29, 1.82) is 0 Å². The van der Waals surface area contributed by atoms with Crippen LogP contribution in [0.15, 0.2) is 24.5 Å². The molecule has 0 atom stereocenters. The van der Waals surface area contributed by atoms with Crippen molar-refractivity contribution in [3.05, 3.63) is 30.1 Å². The number of ketones is 1. The molecule has 0 spiro atoms. The summed E-state index contributed by atoms with van der Waals surface area (Å²) in [5, 5.41) is 0. The summed E-state index contributed by atoms with van der Waals surface area (Å²) >= 11 is 0. The van der Waals surface area contributed by atoms with Gasteiger partial charge in [0, 0.05) is 24.5 Å². The molecule has 0 bridgehead atoms. The molecule has 4 heteroatoms. The van der Waals surface area contributed by atoms with Gasteiger partial charge < -0.3 is 10.5 Å². The summed E-state index contributed by atoms with van der Waals surface area (Å²) in [6.45, 7) is 0.912. The second-order valence-corrected chi connectivity index (χ2v) is 2.51. The lowest BCUT2D eigenvalue weighted by molar-refractivity contribution is 0.0774. The fourth-order valence-electron chi connectivity index (χ4n) is 0.859. The molecule has 0 aliphatic heterocycles. The van der Waals surface area contributed by atoms with Crippen molar-refractivity contribution in [1.82, 2.24) is 4.98 Å². The first-order chi connectivity index (χ1) is 6.34. The monoisotopic (exact) mass is 180 g/mol. The van der Waals surface area contributed by atoms with Crippen LogP contribution in [0.5, 0.6) is 0 Å². The molecular weight excluding hydrogens is 168 g/mol. The number of ether oxygens (including phenoxy) is 1. The third-order valence-electron chi connectivity index (χ3n) is 1.48. The van der Waals surface area contributed by atoms with E-state index in [1.807, 2.05) is 0 Å². The Morgan fingerprint density at radius 2 is 2.46 bits per heavy atom. The standard InChI is InChI=1S/C9H12N2O2/c10-3-5-13-7-9(12)8-2-1-4-11-6-8/h1-2,4,6H,3,5,7,10H2. The quantitative estimate of drug-likeness (QED) is 0.520. The third kappa shape index (κ3) is 3.31. The minimum atomic E-state index is -0.0680. The van der Waals surface area contributed by atoms with Gasteiger partial charge in [0.15, 0.2) is 5.78 Å². The van der Waals surface area contributed by atoms with Gasteiger partial charge in [-0.1, -0.05) is 0 Å². The second-order valence-electron chi connectivity index (χ2n) is 2.51. The second kappa shape index (κ2) is 5.40. The first-order valence-electron chi connectivity index (χ1n) is 4.05. The first-order valence-corrected chi connectivity index (χ1v) is 4.05. The topological polar surface area (TPSA) is 65.2 Å². The summed E-state index contributed by atoms with van der Waals surface area (Å²) in [5.74, 6) is -0.0680. The normalized spacial score (nSPS) is 9.92. The van der Waals surface area contributed by atoms with Crippen molar-refractivity contribution < 1.29 is 9.53 Å². The minimum Gasteiger partial charge on any atom is -0.372 e. The van der Waals surface area contributed by atoms with Crippen LogP contribution in [0.3, 0.4) is 0 Å². The molecule has 0 saturated carbocycles. The van der Waals surface area contributed by atoms with E-state index >= 15 is 0 Å². The van der Waals surface area contributed by atoms with Crippen LogP contribution in [0.2, 0.25) is 0 Å². The third-order valence-corrected chi connectivity index (χ3v) is 1.48. The van der Waals surface area contributed by atoms with E-state index in [2.05, 4.69) is 4.98 Å². The number of hydrogen-bond donors (Lipinski definition) is 1. The average Bonchev–Trinajstić information content (AvgIpc) is 2.19.